The highest BCUT2D eigenvalue weighted by Crippen LogP contribution is 2.12. The van der Waals surface area contributed by atoms with Crippen molar-refractivity contribution in [3.63, 3.8) is 0 Å². The maximum absolute atomic E-state index is 5.09. The van der Waals surface area contributed by atoms with Gasteiger partial charge in [0.05, 0.1) is 13.2 Å². The molecule has 2 unspecified atom stereocenters. The second-order valence-electron chi connectivity index (χ2n) is 1.58. The molecule has 2 atom stereocenters. The third kappa shape index (κ3) is 1.85. The SMILES string of the molecule is SC1COCC(S)O1. The molecule has 48 valence electrons. The highest BCUT2D eigenvalue weighted by Gasteiger charge is 2.15. The van der Waals surface area contributed by atoms with Gasteiger partial charge >= 0.3 is 0 Å². The lowest BCUT2D eigenvalue weighted by molar-refractivity contribution is -0.0643. The van der Waals surface area contributed by atoms with E-state index in [1.165, 1.54) is 0 Å². The molecule has 0 aliphatic carbocycles. The van der Waals surface area contributed by atoms with Crippen molar-refractivity contribution < 1.29 is 9.47 Å². The number of thiol groups is 2. The van der Waals surface area contributed by atoms with Crippen molar-refractivity contribution in [2.45, 2.75) is 10.9 Å². The van der Waals surface area contributed by atoms with Crippen molar-refractivity contribution in [3.05, 3.63) is 0 Å². The summed E-state index contributed by atoms with van der Waals surface area (Å²) in [5.41, 5.74) is -0.183. The molecule has 0 amide bonds. The number of rotatable bonds is 0. The Morgan fingerprint density at radius 3 is 1.88 bits per heavy atom. The first-order chi connectivity index (χ1) is 3.79. The summed E-state index contributed by atoms with van der Waals surface area (Å²) >= 11 is 8.05. The van der Waals surface area contributed by atoms with Gasteiger partial charge in [-0.25, -0.2) is 0 Å². The normalized spacial score (nSPS) is 39.8. The molecule has 8 heavy (non-hydrogen) atoms. The first-order valence-corrected chi connectivity index (χ1v) is 3.41. The van der Waals surface area contributed by atoms with Gasteiger partial charge in [-0.1, -0.05) is 0 Å². The molecule has 0 bridgehead atoms. The van der Waals surface area contributed by atoms with E-state index in [9.17, 15) is 0 Å². The van der Waals surface area contributed by atoms with Crippen LogP contribution in [0.1, 0.15) is 0 Å². The van der Waals surface area contributed by atoms with E-state index in [1.54, 1.807) is 0 Å². The molecule has 1 fully saturated rings. The zero-order valence-electron chi connectivity index (χ0n) is 4.28. The van der Waals surface area contributed by atoms with Crippen LogP contribution in [0.4, 0.5) is 0 Å². The first-order valence-electron chi connectivity index (χ1n) is 2.38. The smallest absolute Gasteiger partial charge is 0.125 e. The van der Waals surface area contributed by atoms with Crippen LogP contribution >= 0.6 is 25.3 Å². The standard InChI is InChI=1S/C4H8O2S2/c7-3-1-5-2-4(8)6-3/h3-4,7-8H,1-2H2. The zero-order valence-corrected chi connectivity index (χ0v) is 6.07. The fourth-order valence-corrected chi connectivity index (χ4v) is 1.13. The molecular formula is C4H8O2S2. The average molecular weight is 152 g/mol. The van der Waals surface area contributed by atoms with E-state index in [4.69, 9.17) is 9.47 Å². The molecule has 1 rings (SSSR count). The topological polar surface area (TPSA) is 18.5 Å². The lowest BCUT2D eigenvalue weighted by Crippen LogP contribution is -2.29. The van der Waals surface area contributed by atoms with Crippen molar-refractivity contribution >= 4 is 25.3 Å². The summed E-state index contributed by atoms with van der Waals surface area (Å²) in [6.07, 6.45) is 0. The van der Waals surface area contributed by atoms with Crippen molar-refractivity contribution in [1.82, 2.24) is 0 Å². The van der Waals surface area contributed by atoms with Crippen molar-refractivity contribution in [2.24, 2.45) is 0 Å². The van der Waals surface area contributed by atoms with Gasteiger partial charge in [0.15, 0.2) is 0 Å². The van der Waals surface area contributed by atoms with Gasteiger partial charge in [-0.15, -0.1) is 25.3 Å². The third-order valence-electron chi connectivity index (χ3n) is 0.835. The molecule has 0 N–H and O–H groups in total. The maximum Gasteiger partial charge on any atom is 0.125 e. The van der Waals surface area contributed by atoms with Gasteiger partial charge in [0, 0.05) is 0 Å². The Morgan fingerprint density at radius 1 is 1.12 bits per heavy atom. The third-order valence-corrected chi connectivity index (χ3v) is 1.38. The molecule has 2 nitrogen and oxygen atoms in total. The van der Waals surface area contributed by atoms with E-state index in [1.807, 2.05) is 0 Å². The van der Waals surface area contributed by atoms with Gasteiger partial charge in [-0.05, 0) is 0 Å². The maximum atomic E-state index is 5.09. The quantitative estimate of drug-likeness (QED) is 0.494. The Bertz CT molecular complexity index is 70.4. The van der Waals surface area contributed by atoms with Gasteiger partial charge in [0.1, 0.15) is 10.9 Å². The van der Waals surface area contributed by atoms with Crippen LogP contribution in [0.3, 0.4) is 0 Å². The van der Waals surface area contributed by atoms with Gasteiger partial charge in [0.25, 0.3) is 0 Å². The summed E-state index contributed by atoms with van der Waals surface area (Å²) in [5, 5.41) is 0. The second-order valence-corrected chi connectivity index (χ2v) is 2.73. The fourth-order valence-electron chi connectivity index (χ4n) is 0.530. The van der Waals surface area contributed by atoms with Crippen LogP contribution in [-0.2, 0) is 9.47 Å². The Labute approximate surface area is 59.4 Å². The predicted molar refractivity (Wildman–Crippen MR) is 37.5 cm³/mol. The Hall–Kier alpha value is 0.620. The number of hydrogen-bond donors (Lipinski definition) is 2. The van der Waals surface area contributed by atoms with E-state index in [0.717, 1.165) is 0 Å². The molecule has 0 saturated carbocycles. The lowest BCUT2D eigenvalue weighted by atomic mass is 10.6. The highest BCUT2D eigenvalue weighted by atomic mass is 32.1. The summed E-state index contributed by atoms with van der Waals surface area (Å²) < 4.78 is 10.1. The average Bonchev–Trinajstić information content (AvgIpc) is 1.64. The van der Waals surface area contributed by atoms with Crippen LogP contribution < -0.4 is 0 Å². The number of hydrogen-bond acceptors (Lipinski definition) is 4. The lowest BCUT2D eigenvalue weighted by Gasteiger charge is -2.23. The summed E-state index contributed by atoms with van der Waals surface area (Å²) in [6, 6.07) is 0. The van der Waals surface area contributed by atoms with E-state index in [2.05, 4.69) is 25.3 Å². The minimum atomic E-state index is -0.0914. The van der Waals surface area contributed by atoms with E-state index in [-0.39, 0.29) is 10.9 Å². The first kappa shape index (κ1) is 6.74. The summed E-state index contributed by atoms with van der Waals surface area (Å²) in [6.45, 7) is 1.14. The zero-order chi connectivity index (χ0) is 5.98. The minimum absolute atomic E-state index is 0.0914. The van der Waals surface area contributed by atoms with E-state index >= 15 is 0 Å². The Balaban J connectivity index is 2.23. The highest BCUT2D eigenvalue weighted by molar-refractivity contribution is 7.81. The Kier molecular flexibility index (Phi) is 2.49. The molecule has 1 saturated heterocycles. The van der Waals surface area contributed by atoms with Gasteiger partial charge in [-0.3, -0.25) is 0 Å². The fraction of sp³-hybridized carbons (Fsp3) is 1.00. The summed E-state index contributed by atoms with van der Waals surface area (Å²) in [4.78, 5) is 0. The van der Waals surface area contributed by atoms with Crippen LogP contribution in [0.5, 0.6) is 0 Å². The molecule has 1 aliphatic rings. The monoisotopic (exact) mass is 152 g/mol. The van der Waals surface area contributed by atoms with E-state index < -0.39 is 0 Å². The van der Waals surface area contributed by atoms with Crippen LogP contribution in [0.2, 0.25) is 0 Å². The van der Waals surface area contributed by atoms with Gasteiger partial charge < -0.3 is 9.47 Å². The molecule has 0 radical (unpaired) electrons. The molecule has 0 aromatic rings. The van der Waals surface area contributed by atoms with Crippen molar-refractivity contribution in [2.75, 3.05) is 13.2 Å². The molecule has 1 aliphatic heterocycles. The van der Waals surface area contributed by atoms with Crippen molar-refractivity contribution in [1.29, 1.82) is 0 Å². The molecule has 1 heterocycles. The minimum Gasteiger partial charge on any atom is -0.374 e. The molecule has 0 aromatic carbocycles. The molecule has 0 aromatic heterocycles. The van der Waals surface area contributed by atoms with E-state index in [0.29, 0.717) is 13.2 Å². The molecular weight excluding hydrogens is 144 g/mol. The number of ether oxygens (including phenoxy) is 2. The summed E-state index contributed by atoms with van der Waals surface area (Å²) in [5.74, 6) is 0. The predicted octanol–water partition coefficient (Wildman–Crippen LogP) is 0.545. The van der Waals surface area contributed by atoms with Gasteiger partial charge in [-0.2, -0.15) is 0 Å². The van der Waals surface area contributed by atoms with Crippen LogP contribution in [-0.4, -0.2) is 24.1 Å². The second kappa shape index (κ2) is 2.96. The van der Waals surface area contributed by atoms with Gasteiger partial charge in [0.2, 0.25) is 0 Å². The molecule has 4 heteroatoms. The van der Waals surface area contributed by atoms with Crippen LogP contribution in [0.15, 0.2) is 0 Å². The van der Waals surface area contributed by atoms with Crippen LogP contribution in [0, 0.1) is 0 Å². The van der Waals surface area contributed by atoms with Crippen LogP contribution in [0.25, 0.3) is 0 Å². The largest absolute Gasteiger partial charge is 0.374 e. The molecule has 0 spiro atoms. The van der Waals surface area contributed by atoms with Crippen molar-refractivity contribution in [3.8, 4) is 0 Å². The Morgan fingerprint density at radius 2 is 1.62 bits per heavy atom. The summed E-state index contributed by atoms with van der Waals surface area (Å²) in [7, 11) is 0.